The summed E-state index contributed by atoms with van der Waals surface area (Å²) >= 11 is 1.05. The maximum atomic E-state index is 13.8. The van der Waals surface area contributed by atoms with Crippen LogP contribution in [0.1, 0.15) is 17.2 Å². The van der Waals surface area contributed by atoms with Gasteiger partial charge in [-0.2, -0.15) is 0 Å². The molecular weight excluding hydrogens is 450 g/mol. The normalized spacial score (nSPS) is 14.7. The van der Waals surface area contributed by atoms with Crippen molar-refractivity contribution in [2.24, 2.45) is 0 Å². The molecule has 1 aliphatic rings. The van der Waals surface area contributed by atoms with Gasteiger partial charge in [0.15, 0.2) is 11.3 Å². The molecule has 2 aromatic heterocycles. The van der Waals surface area contributed by atoms with Crippen molar-refractivity contribution in [3.63, 3.8) is 0 Å². The van der Waals surface area contributed by atoms with Crippen LogP contribution >= 0.6 is 11.8 Å². The third-order valence-electron chi connectivity index (χ3n) is 6.29. The van der Waals surface area contributed by atoms with E-state index in [0.717, 1.165) is 28.4 Å². The molecule has 1 atom stereocenters. The number of fused-ring (bicyclic) bond motifs is 2. The van der Waals surface area contributed by atoms with Gasteiger partial charge in [-0.1, -0.05) is 54.2 Å². The Labute approximate surface area is 198 Å². The molecule has 7 heteroatoms. The number of ether oxygens (including phenoxy) is 1. The van der Waals surface area contributed by atoms with Crippen molar-refractivity contribution in [1.29, 1.82) is 0 Å². The first-order valence-electron chi connectivity index (χ1n) is 10.8. The summed E-state index contributed by atoms with van der Waals surface area (Å²) in [5, 5.41) is 11.9. The molecule has 0 radical (unpaired) electrons. The Kier molecular flexibility index (Phi) is 4.74. The Morgan fingerprint density at radius 2 is 1.76 bits per heavy atom. The molecule has 0 bridgehead atoms. The maximum absolute atomic E-state index is 13.8. The first-order valence-corrected chi connectivity index (χ1v) is 11.6. The van der Waals surface area contributed by atoms with Crippen molar-refractivity contribution < 1.29 is 14.3 Å². The number of para-hydroxylation sites is 1. The summed E-state index contributed by atoms with van der Waals surface area (Å²) in [5.74, 6) is 0.321. The monoisotopic (exact) mass is 469 g/mol. The van der Waals surface area contributed by atoms with Gasteiger partial charge in [0.1, 0.15) is 16.0 Å². The van der Waals surface area contributed by atoms with Crippen LogP contribution in [0.2, 0.25) is 0 Å². The van der Waals surface area contributed by atoms with Crippen molar-refractivity contribution in [3.05, 3.63) is 105 Å². The maximum Gasteiger partial charge on any atom is 0.354 e. The fourth-order valence-corrected chi connectivity index (χ4v) is 5.56. The molecule has 0 spiro atoms. The lowest BCUT2D eigenvalue weighted by atomic mass is 10.0. The standard InChI is InChI=1S/C27H19NO5S/c1-32-17-10-12-18(13-11-17)34-25-23(29)21-24(33-27(25)31)19-9-5-8-16-14-20(15-6-3-2-4-7-15)28(22(16)19)26(21)30/h2-13,20,29H,14H2,1H3. The van der Waals surface area contributed by atoms with Gasteiger partial charge in [-0.25, -0.2) is 4.79 Å². The van der Waals surface area contributed by atoms with Gasteiger partial charge >= 0.3 is 5.63 Å². The van der Waals surface area contributed by atoms with Crippen LogP contribution in [-0.4, -0.2) is 16.8 Å². The van der Waals surface area contributed by atoms with E-state index in [9.17, 15) is 14.7 Å². The predicted molar refractivity (Wildman–Crippen MR) is 131 cm³/mol. The number of pyridine rings is 1. The van der Waals surface area contributed by atoms with E-state index in [1.807, 2.05) is 48.5 Å². The largest absolute Gasteiger partial charge is 0.505 e. The Balaban J connectivity index is 1.61. The SMILES string of the molecule is COc1ccc(Sc2c(O)c3c(=O)n4c5c(cccc5c3oc2=O)CC4c2ccccc2)cc1. The molecule has 0 fully saturated rings. The van der Waals surface area contributed by atoms with Gasteiger partial charge in [-0.3, -0.25) is 9.36 Å². The molecule has 0 aliphatic carbocycles. The van der Waals surface area contributed by atoms with Crippen LogP contribution in [0.25, 0.3) is 21.9 Å². The van der Waals surface area contributed by atoms with E-state index in [0.29, 0.717) is 22.5 Å². The minimum atomic E-state index is -0.687. The van der Waals surface area contributed by atoms with Crippen LogP contribution in [0.15, 0.2) is 96.6 Å². The summed E-state index contributed by atoms with van der Waals surface area (Å²) in [6, 6.07) is 22.4. The van der Waals surface area contributed by atoms with Crippen LogP contribution in [0, 0.1) is 0 Å². The second-order valence-electron chi connectivity index (χ2n) is 8.17. The number of benzene rings is 3. The molecule has 34 heavy (non-hydrogen) atoms. The quantitative estimate of drug-likeness (QED) is 0.368. The Hall–Kier alpha value is -3.97. The molecule has 5 aromatic rings. The molecule has 0 amide bonds. The number of aromatic nitrogens is 1. The number of nitrogens with zero attached hydrogens (tertiary/aromatic N) is 1. The molecule has 6 nitrogen and oxygen atoms in total. The van der Waals surface area contributed by atoms with Crippen molar-refractivity contribution in [3.8, 4) is 11.5 Å². The molecule has 1 aliphatic heterocycles. The van der Waals surface area contributed by atoms with Crippen LogP contribution < -0.4 is 15.9 Å². The Morgan fingerprint density at radius 3 is 2.50 bits per heavy atom. The van der Waals surface area contributed by atoms with Gasteiger partial charge in [0.2, 0.25) is 0 Å². The molecular formula is C27H19NO5S. The summed E-state index contributed by atoms with van der Waals surface area (Å²) in [4.78, 5) is 27.4. The Morgan fingerprint density at radius 1 is 1.00 bits per heavy atom. The second-order valence-corrected chi connectivity index (χ2v) is 9.25. The van der Waals surface area contributed by atoms with Crippen molar-refractivity contribution in [1.82, 2.24) is 4.57 Å². The minimum absolute atomic E-state index is 0.0168. The zero-order chi connectivity index (χ0) is 23.4. The van der Waals surface area contributed by atoms with Gasteiger partial charge < -0.3 is 14.3 Å². The smallest absolute Gasteiger partial charge is 0.354 e. The molecule has 1 unspecified atom stereocenters. The summed E-state index contributed by atoms with van der Waals surface area (Å²) in [7, 11) is 1.57. The fraction of sp³-hybridized carbons (Fsp3) is 0.111. The van der Waals surface area contributed by atoms with E-state index in [1.165, 1.54) is 0 Å². The third-order valence-corrected chi connectivity index (χ3v) is 7.36. The lowest BCUT2D eigenvalue weighted by molar-refractivity contribution is 0.414. The van der Waals surface area contributed by atoms with Crippen LogP contribution in [0.5, 0.6) is 11.5 Å². The molecule has 0 saturated carbocycles. The number of aromatic hydroxyl groups is 1. The lowest BCUT2D eigenvalue weighted by Crippen LogP contribution is -2.24. The van der Waals surface area contributed by atoms with E-state index in [1.54, 1.807) is 35.9 Å². The third kappa shape index (κ3) is 3.04. The van der Waals surface area contributed by atoms with Gasteiger partial charge in [-0.15, -0.1) is 0 Å². The molecule has 3 heterocycles. The van der Waals surface area contributed by atoms with Gasteiger partial charge in [-0.05, 0) is 47.9 Å². The van der Waals surface area contributed by atoms with E-state index in [4.69, 9.17) is 9.15 Å². The van der Waals surface area contributed by atoms with E-state index in [-0.39, 0.29) is 33.2 Å². The topological polar surface area (TPSA) is 81.7 Å². The second kappa shape index (κ2) is 7.81. The number of hydrogen-bond donors (Lipinski definition) is 1. The zero-order valence-electron chi connectivity index (χ0n) is 18.1. The summed E-state index contributed by atoms with van der Waals surface area (Å²) in [6.07, 6.45) is 0.644. The average Bonchev–Trinajstić information content (AvgIpc) is 3.26. The highest BCUT2D eigenvalue weighted by atomic mass is 32.2. The highest BCUT2D eigenvalue weighted by Crippen LogP contribution is 2.41. The van der Waals surface area contributed by atoms with Crippen molar-refractivity contribution in [2.75, 3.05) is 7.11 Å². The Bertz CT molecular complexity index is 1690. The predicted octanol–water partition coefficient (Wildman–Crippen LogP) is 5.12. The first-order chi connectivity index (χ1) is 16.6. The zero-order valence-corrected chi connectivity index (χ0v) is 19.0. The molecule has 168 valence electrons. The minimum Gasteiger partial charge on any atom is -0.505 e. The van der Waals surface area contributed by atoms with E-state index in [2.05, 4.69) is 0 Å². The van der Waals surface area contributed by atoms with Gasteiger partial charge in [0, 0.05) is 10.3 Å². The highest BCUT2D eigenvalue weighted by Gasteiger charge is 2.31. The molecule has 0 saturated heterocycles. The van der Waals surface area contributed by atoms with E-state index < -0.39 is 5.63 Å². The molecule has 6 rings (SSSR count). The van der Waals surface area contributed by atoms with Crippen molar-refractivity contribution in [2.45, 2.75) is 22.3 Å². The van der Waals surface area contributed by atoms with Crippen LogP contribution in [-0.2, 0) is 6.42 Å². The van der Waals surface area contributed by atoms with Gasteiger partial charge in [0.25, 0.3) is 5.56 Å². The summed E-state index contributed by atoms with van der Waals surface area (Å²) in [5.41, 5.74) is 1.81. The lowest BCUT2D eigenvalue weighted by Gasteiger charge is -2.16. The number of hydrogen-bond acceptors (Lipinski definition) is 6. The van der Waals surface area contributed by atoms with Crippen molar-refractivity contribution >= 4 is 33.6 Å². The van der Waals surface area contributed by atoms with Gasteiger partial charge in [0.05, 0.1) is 18.7 Å². The van der Waals surface area contributed by atoms with Crippen LogP contribution in [0.3, 0.4) is 0 Å². The average molecular weight is 470 g/mol. The fourth-order valence-electron chi connectivity index (χ4n) is 4.73. The van der Waals surface area contributed by atoms with E-state index >= 15 is 0 Å². The molecule has 1 N–H and O–H groups in total. The number of rotatable bonds is 4. The summed E-state index contributed by atoms with van der Waals surface area (Å²) in [6.45, 7) is 0. The summed E-state index contributed by atoms with van der Waals surface area (Å²) < 4.78 is 12.6. The molecule has 3 aromatic carbocycles. The van der Waals surface area contributed by atoms with Crippen LogP contribution in [0.4, 0.5) is 0 Å². The number of methoxy groups -OCH3 is 1. The highest BCUT2D eigenvalue weighted by molar-refractivity contribution is 7.99. The first kappa shape index (κ1) is 20.6.